The first-order valence-electron chi connectivity index (χ1n) is 8.94. The van der Waals surface area contributed by atoms with Gasteiger partial charge in [0.1, 0.15) is 12.1 Å². The van der Waals surface area contributed by atoms with E-state index in [1.165, 1.54) is 13.4 Å². The Bertz CT molecular complexity index is 850. The number of amides is 1. The first-order valence-corrected chi connectivity index (χ1v) is 8.94. The zero-order chi connectivity index (χ0) is 20.1. The molecule has 0 radical (unpaired) electrons. The number of nitrogens with zero attached hydrogens (tertiary/aromatic N) is 4. The number of carbonyl (C=O) groups is 1. The van der Waals surface area contributed by atoms with Gasteiger partial charge in [0, 0.05) is 18.7 Å². The molecule has 148 valence electrons. The van der Waals surface area contributed by atoms with E-state index in [-0.39, 0.29) is 17.3 Å². The Kier molecular flexibility index (Phi) is 5.87. The van der Waals surface area contributed by atoms with Crippen molar-refractivity contribution in [1.82, 2.24) is 15.4 Å². The summed E-state index contributed by atoms with van der Waals surface area (Å²) in [5.74, 6) is 0.947. The van der Waals surface area contributed by atoms with E-state index in [9.17, 15) is 14.9 Å². The monoisotopic (exact) mass is 386 g/mol. The minimum Gasteiger partial charge on any atom is -0.497 e. The van der Waals surface area contributed by atoms with Crippen molar-refractivity contribution in [2.75, 3.05) is 30.5 Å². The van der Waals surface area contributed by atoms with Crippen molar-refractivity contribution in [3.63, 3.8) is 0 Å². The van der Waals surface area contributed by atoms with Crippen LogP contribution in [0.5, 0.6) is 5.75 Å². The Balaban J connectivity index is 1.76. The van der Waals surface area contributed by atoms with Crippen molar-refractivity contribution < 1.29 is 14.5 Å². The molecule has 1 amide bonds. The maximum Gasteiger partial charge on any atom is 0.355 e. The summed E-state index contributed by atoms with van der Waals surface area (Å²) >= 11 is 0. The summed E-state index contributed by atoms with van der Waals surface area (Å²) in [6.07, 6.45) is 3.14. The molecule has 0 unspecified atom stereocenters. The van der Waals surface area contributed by atoms with Crippen LogP contribution in [0, 0.1) is 16.0 Å². The normalized spacial score (nSPS) is 14.4. The summed E-state index contributed by atoms with van der Waals surface area (Å²) in [6.45, 7) is 3.54. The van der Waals surface area contributed by atoms with Crippen molar-refractivity contribution >= 4 is 23.2 Å². The summed E-state index contributed by atoms with van der Waals surface area (Å²) in [6, 6.07) is 6.48. The van der Waals surface area contributed by atoms with Gasteiger partial charge in [-0.2, -0.15) is 0 Å². The molecule has 0 aliphatic carbocycles. The number of benzene rings is 1. The molecule has 1 fully saturated rings. The molecule has 0 saturated carbocycles. The van der Waals surface area contributed by atoms with Crippen LogP contribution >= 0.6 is 0 Å². The van der Waals surface area contributed by atoms with Crippen LogP contribution in [0.2, 0.25) is 0 Å². The maximum atomic E-state index is 12.3. The average Bonchev–Trinajstić information content (AvgIpc) is 2.72. The molecule has 0 bridgehead atoms. The number of hydrogen-bond acceptors (Lipinski definition) is 8. The van der Waals surface area contributed by atoms with Crippen molar-refractivity contribution in [3.8, 4) is 5.75 Å². The van der Waals surface area contributed by atoms with Crippen molar-refractivity contribution in [2.24, 2.45) is 5.92 Å². The van der Waals surface area contributed by atoms with Gasteiger partial charge in [0.25, 0.3) is 5.91 Å². The second-order valence-corrected chi connectivity index (χ2v) is 6.63. The Morgan fingerprint density at radius 3 is 2.54 bits per heavy atom. The maximum absolute atomic E-state index is 12.3. The summed E-state index contributed by atoms with van der Waals surface area (Å²) in [7, 11) is 1.53. The van der Waals surface area contributed by atoms with E-state index in [1.807, 2.05) is 4.90 Å². The molecule has 2 aromatic rings. The predicted molar refractivity (Wildman–Crippen MR) is 103 cm³/mol. The number of hydrazine groups is 1. The Morgan fingerprint density at radius 2 is 1.93 bits per heavy atom. The fourth-order valence-electron chi connectivity index (χ4n) is 3.01. The highest BCUT2D eigenvalue weighted by Crippen LogP contribution is 2.33. The van der Waals surface area contributed by atoms with Crippen LogP contribution in [0.1, 0.15) is 30.1 Å². The minimum absolute atomic E-state index is 0.0597. The molecular formula is C18H22N6O4. The number of nitrogens with one attached hydrogen (secondary N) is 2. The van der Waals surface area contributed by atoms with Crippen LogP contribution in [0.3, 0.4) is 0 Å². The molecule has 0 spiro atoms. The summed E-state index contributed by atoms with van der Waals surface area (Å²) in [5, 5.41) is 11.7. The van der Waals surface area contributed by atoms with E-state index in [0.717, 1.165) is 12.8 Å². The number of nitro groups is 1. The molecule has 28 heavy (non-hydrogen) atoms. The SMILES string of the molecule is COc1ccc(C(=O)NNc2ncnc(N3CCC(C)CC3)c2[N+](=O)[O-])cc1. The van der Waals surface area contributed by atoms with Gasteiger partial charge in [-0.15, -0.1) is 0 Å². The largest absolute Gasteiger partial charge is 0.497 e. The van der Waals surface area contributed by atoms with Crippen molar-refractivity contribution in [3.05, 3.63) is 46.3 Å². The number of methoxy groups -OCH3 is 1. The lowest BCUT2D eigenvalue weighted by Gasteiger charge is -2.30. The van der Waals surface area contributed by atoms with E-state index in [2.05, 4.69) is 27.7 Å². The molecule has 10 nitrogen and oxygen atoms in total. The van der Waals surface area contributed by atoms with Gasteiger partial charge in [-0.25, -0.2) is 9.97 Å². The highest BCUT2D eigenvalue weighted by atomic mass is 16.6. The highest BCUT2D eigenvalue weighted by Gasteiger charge is 2.29. The first-order chi connectivity index (χ1) is 13.5. The van der Waals surface area contributed by atoms with Crippen LogP contribution in [0.15, 0.2) is 30.6 Å². The van der Waals surface area contributed by atoms with Gasteiger partial charge in [-0.05, 0) is 43.0 Å². The van der Waals surface area contributed by atoms with E-state index >= 15 is 0 Å². The minimum atomic E-state index is -0.533. The molecule has 1 aromatic heterocycles. The molecule has 1 aliphatic rings. The predicted octanol–water partition coefficient (Wildman–Crippen LogP) is 2.39. The lowest BCUT2D eigenvalue weighted by atomic mass is 9.99. The number of hydrogen-bond donors (Lipinski definition) is 2. The van der Waals surface area contributed by atoms with Gasteiger partial charge >= 0.3 is 5.69 Å². The number of rotatable bonds is 6. The van der Waals surface area contributed by atoms with Gasteiger partial charge in [-0.3, -0.25) is 25.8 Å². The van der Waals surface area contributed by atoms with Gasteiger partial charge in [0.15, 0.2) is 0 Å². The average molecular weight is 386 g/mol. The zero-order valence-corrected chi connectivity index (χ0v) is 15.7. The van der Waals surface area contributed by atoms with E-state index in [4.69, 9.17) is 4.74 Å². The summed E-state index contributed by atoms with van der Waals surface area (Å²) in [4.78, 5) is 33.4. The van der Waals surface area contributed by atoms with Crippen LogP contribution in [-0.2, 0) is 0 Å². The molecule has 0 atom stereocenters. The van der Waals surface area contributed by atoms with E-state index in [1.54, 1.807) is 24.3 Å². The number of piperidine rings is 1. The fourth-order valence-corrected chi connectivity index (χ4v) is 3.01. The third-order valence-corrected chi connectivity index (χ3v) is 4.72. The smallest absolute Gasteiger partial charge is 0.355 e. The topological polar surface area (TPSA) is 123 Å². The summed E-state index contributed by atoms with van der Waals surface area (Å²) in [5.41, 5.74) is 5.11. The molecule has 1 aliphatic heterocycles. The summed E-state index contributed by atoms with van der Waals surface area (Å²) < 4.78 is 5.05. The van der Waals surface area contributed by atoms with E-state index < -0.39 is 10.8 Å². The van der Waals surface area contributed by atoms with Gasteiger partial charge in [0.2, 0.25) is 11.6 Å². The lowest BCUT2D eigenvalue weighted by molar-refractivity contribution is -0.383. The van der Waals surface area contributed by atoms with Crippen LogP contribution in [-0.4, -0.2) is 41.0 Å². The molecule has 2 N–H and O–H groups in total. The zero-order valence-electron chi connectivity index (χ0n) is 15.7. The van der Waals surface area contributed by atoms with E-state index in [0.29, 0.717) is 30.3 Å². The quantitative estimate of drug-likeness (QED) is 0.573. The van der Waals surface area contributed by atoms with Crippen molar-refractivity contribution in [1.29, 1.82) is 0 Å². The molecule has 1 aromatic carbocycles. The van der Waals surface area contributed by atoms with Gasteiger partial charge in [0.05, 0.1) is 12.0 Å². The molecular weight excluding hydrogens is 364 g/mol. The van der Waals surface area contributed by atoms with Crippen LogP contribution in [0.25, 0.3) is 0 Å². The molecule has 2 heterocycles. The Labute approximate surface area is 162 Å². The molecule has 1 saturated heterocycles. The number of anilines is 2. The second kappa shape index (κ2) is 8.51. The lowest BCUT2D eigenvalue weighted by Crippen LogP contribution is -2.35. The number of aromatic nitrogens is 2. The van der Waals surface area contributed by atoms with Gasteiger partial charge < -0.3 is 9.64 Å². The van der Waals surface area contributed by atoms with Crippen molar-refractivity contribution in [2.45, 2.75) is 19.8 Å². The second-order valence-electron chi connectivity index (χ2n) is 6.63. The number of carbonyl (C=O) groups excluding carboxylic acids is 1. The molecule has 3 rings (SSSR count). The van der Waals surface area contributed by atoms with Gasteiger partial charge in [-0.1, -0.05) is 6.92 Å². The first kappa shape index (κ1) is 19.3. The third kappa shape index (κ3) is 4.27. The Hall–Kier alpha value is -3.43. The molecule has 10 heteroatoms. The highest BCUT2D eigenvalue weighted by molar-refractivity contribution is 5.95. The Morgan fingerprint density at radius 1 is 1.25 bits per heavy atom. The van der Waals surface area contributed by atoms with Crippen LogP contribution in [0.4, 0.5) is 17.3 Å². The fraction of sp³-hybridized carbons (Fsp3) is 0.389. The number of ether oxygens (including phenoxy) is 1. The standard InChI is InChI=1S/C18H22N6O4/c1-12-7-9-23(10-8-12)17-15(24(26)27)16(19-11-20-17)21-22-18(25)13-3-5-14(28-2)6-4-13/h3-6,11-12H,7-10H2,1-2H3,(H,22,25)(H,19,20,21). The van der Waals surface area contributed by atoms with Crippen LogP contribution < -0.4 is 20.5 Å². The third-order valence-electron chi connectivity index (χ3n) is 4.72.